The van der Waals surface area contributed by atoms with Crippen molar-refractivity contribution in [1.82, 2.24) is 15.2 Å². The second-order valence-corrected chi connectivity index (χ2v) is 5.92. The maximum absolute atomic E-state index is 3.55. The molecule has 1 aromatic heterocycles. The number of nitrogens with zero attached hydrogens (tertiary/aromatic N) is 1. The SMILES string of the molecule is CNCCCNCc1cn(Cc2ccccc2)c2ccccc12. The van der Waals surface area contributed by atoms with Crippen LogP contribution >= 0.6 is 0 Å². The third kappa shape index (κ3) is 4.01. The zero-order valence-electron chi connectivity index (χ0n) is 13.8. The summed E-state index contributed by atoms with van der Waals surface area (Å²) in [5, 5.41) is 8.09. The molecule has 0 bridgehead atoms. The molecule has 120 valence electrons. The van der Waals surface area contributed by atoms with Crippen molar-refractivity contribution in [3.8, 4) is 0 Å². The Morgan fingerprint density at radius 2 is 1.70 bits per heavy atom. The lowest BCUT2D eigenvalue weighted by Gasteiger charge is -2.05. The van der Waals surface area contributed by atoms with Crippen molar-refractivity contribution < 1.29 is 0 Å². The molecule has 0 aliphatic heterocycles. The van der Waals surface area contributed by atoms with Gasteiger partial charge in [0.05, 0.1) is 0 Å². The van der Waals surface area contributed by atoms with Gasteiger partial charge >= 0.3 is 0 Å². The molecule has 0 aliphatic rings. The van der Waals surface area contributed by atoms with E-state index in [4.69, 9.17) is 0 Å². The summed E-state index contributed by atoms with van der Waals surface area (Å²) in [5.74, 6) is 0. The van der Waals surface area contributed by atoms with E-state index in [2.05, 4.69) is 76.0 Å². The molecule has 0 saturated carbocycles. The number of fused-ring (bicyclic) bond motifs is 1. The van der Waals surface area contributed by atoms with E-state index in [0.29, 0.717) is 0 Å². The maximum Gasteiger partial charge on any atom is 0.0486 e. The van der Waals surface area contributed by atoms with Crippen LogP contribution in [0.3, 0.4) is 0 Å². The topological polar surface area (TPSA) is 29.0 Å². The van der Waals surface area contributed by atoms with E-state index in [9.17, 15) is 0 Å². The highest BCUT2D eigenvalue weighted by molar-refractivity contribution is 5.84. The molecule has 0 spiro atoms. The molecule has 0 amide bonds. The lowest BCUT2D eigenvalue weighted by Crippen LogP contribution is -2.19. The Hall–Kier alpha value is -2.10. The molecular formula is C20H25N3. The Morgan fingerprint density at radius 1 is 0.913 bits per heavy atom. The van der Waals surface area contributed by atoms with Crippen molar-refractivity contribution in [1.29, 1.82) is 0 Å². The van der Waals surface area contributed by atoms with Gasteiger partial charge in [-0.2, -0.15) is 0 Å². The minimum absolute atomic E-state index is 0.918. The van der Waals surface area contributed by atoms with Crippen LogP contribution in [0.5, 0.6) is 0 Å². The van der Waals surface area contributed by atoms with E-state index in [-0.39, 0.29) is 0 Å². The van der Waals surface area contributed by atoms with Crippen molar-refractivity contribution in [3.05, 3.63) is 71.9 Å². The van der Waals surface area contributed by atoms with E-state index in [1.54, 1.807) is 0 Å². The van der Waals surface area contributed by atoms with Gasteiger partial charge in [0.25, 0.3) is 0 Å². The fourth-order valence-electron chi connectivity index (χ4n) is 2.99. The normalized spacial score (nSPS) is 11.2. The summed E-state index contributed by atoms with van der Waals surface area (Å²) in [5.41, 5.74) is 4.02. The van der Waals surface area contributed by atoms with Crippen molar-refractivity contribution in [2.75, 3.05) is 20.1 Å². The molecule has 0 atom stereocenters. The van der Waals surface area contributed by atoms with Crippen molar-refractivity contribution >= 4 is 10.9 Å². The lowest BCUT2D eigenvalue weighted by molar-refractivity contribution is 0.625. The fourth-order valence-corrected chi connectivity index (χ4v) is 2.99. The second kappa shape index (κ2) is 7.95. The molecule has 1 heterocycles. The summed E-state index contributed by atoms with van der Waals surface area (Å²) in [6.45, 7) is 3.94. The zero-order valence-corrected chi connectivity index (χ0v) is 13.8. The largest absolute Gasteiger partial charge is 0.343 e. The molecule has 3 aromatic rings. The highest BCUT2D eigenvalue weighted by Gasteiger charge is 2.08. The average molecular weight is 307 g/mol. The van der Waals surface area contributed by atoms with Crippen LogP contribution in [-0.4, -0.2) is 24.7 Å². The predicted molar refractivity (Wildman–Crippen MR) is 97.7 cm³/mol. The smallest absolute Gasteiger partial charge is 0.0486 e. The van der Waals surface area contributed by atoms with Gasteiger partial charge in [-0.15, -0.1) is 0 Å². The van der Waals surface area contributed by atoms with Crippen LogP contribution in [0, 0.1) is 0 Å². The quantitative estimate of drug-likeness (QED) is 0.625. The van der Waals surface area contributed by atoms with Gasteiger partial charge in [0.15, 0.2) is 0 Å². The lowest BCUT2D eigenvalue weighted by atomic mass is 10.2. The van der Waals surface area contributed by atoms with Crippen LogP contribution in [0.15, 0.2) is 60.8 Å². The van der Waals surface area contributed by atoms with E-state index >= 15 is 0 Å². The Kier molecular flexibility index (Phi) is 5.46. The number of para-hydroxylation sites is 1. The third-order valence-electron chi connectivity index (χ3n) is 4.16. The number of hydrogen-bond acceptors (Lipinski definition) is 2. The second-order valence-electron chi connectivity index (χ2n) is 5.92. The number of aromatic nitrogens is 1. The fraction of sp³-hybridized carbons (Fsp3) is 0.300. The van der Waals surface area contributed by atoms with Gasteiger partial charge < -0.3 is 15.2 Å². The number of nitrogens with one attached hydrogen (secondary N) is 2. The molecule has 0 radical (unpaired) electrons. The standard InChI is InChI=1S/C20H25N3/c1-21-12-7-13-22-14-18-16-23(15-17-8-3-2-4-9-17)20-11-6-5-10-19(18)20/h2-6,8-11,16,21-22H,7,12-15H2,1H3. The molecule has 3 nitrogen and oxygen atoms in total. The molecule has 3 rings (SSSR count). The molecule has 0 aliphatic carbocycles. The molecule has 3 heteroatoms. The molecule has 0 saturated heterocycles. The maximum atomic E-state index is 3.55. The van der Waals surface area contributed by atoms with Crippen molar-refractivity contribution in [3.63, 3.8) is 0 Å². The van der Waals surface area contributed by atoms with Gasteiger partial charge in [-0.25, -0.2) is 0 Å². The Labute approximate surface area is 138 Å². The highest BCUT2D eigenvalue weighted by Crippen LogP contribution is 2.22. The van der Waals surface area contributed by atoms with Crippen molar-refractivity contribution in [2.24, 2.45) is 0 Å². The summed E-state index contributed by atoms with van der Waals surface area (Å²) in [7, 11) is 2.00. The first-order chi connectivity index (χ1) is 11.4. The van der Waals surface area contributed by atoms with Crippen LogP contribution in [0.1, 0.15) is 17.5 Å². The third-order valence-corrected chi connectivity index (χ3v) is 4.16. The first-order valence-corrected chi connectivity index (χ1v) is 8.34. The first-order valence-electron chi connectivity index (χ1n) is 8.34. The minimum Gasteiger partial charge on any atom is -0.343 e. The zero-order chi connectivity index (χ0) is 15.9. The van der Waals surface area contributed by atoms with E-state index < -0.39 is 0 Å². The van der Waals surface area contributed by atoms with Gasteiger partial charge in [-0.3, -0.25) is 0 Å². The summed E-state index contributed by atoms with van der Waals surface area (Å²) in [6.07, 6.45) is 3.45. The van der Waals surface area contributed by atoms with Crippen LogP contribution in [-0.2, 0) is 13.1 Å². The predicted octanol–water partition coefficient (Wildman–Crippen LogP) is 3.39. The number of hydrogen-bond donors (Lipinski definition) is 2. The van der Waals surface area contributed by atoms with Gasteiger partial charge in [0, 0.05) is 30.2 Å². The summed E-state index contributed by atoms with van der Waals surface area (Å²) in [4.78, 5) is 0. The van der Waals surface area contributed by atoms with Gasteiger partial charge in [0.2, 0.25) is 0 Å². The molecule has 23 heavy (non-hydrogen) atoms. The summed E-state index contributed by atoms with van der Waals surface area (Å²) in [6, 6.07) is 19.3. The Morgan fingerprint density at radius 3 is 2.52 bits per heavy atom. The van der Waals surface area contributed by atoms with Crippen LogP contribution < -0.4 is 10.6 Å². The monoisotopic (exact) mass is 307 g/mol. The number of rotatable bonds is 8. The Balaban J connectivity index is 1.76. The van der Waals surface area contributed by atoms with Gasteiger partial charge in [0.1, 0.15) is 0 Å². The van der Waals surface area contributed by atoms with E-state index in [1.807, 2.05) is 7.05 Å². The first kappa shape index (κ1) is 15.8. The van der Waals surface area contributed by atoms with Crippen LogP contribution in [0.4, 0.5) is 0 Å². The van der Waals surface area contributed by atoms with Crippen LogP contribution in [0.25, 0.3) is 10.9 Å². The molecule has 2 N–H and O–H groups in total. The van der Waals surface area contributed by atoms with Crippen LogP contribution in [0.2, 0.25) is 0 Å². The van der Waals surface area contributed by atoms with Gasteiger partial charge in [-0.1, -0.05) is 48.5 Å². The van der Waals surface area contributed by atoms with E-state index in [0.717, 1.165) is 32.6 Å². The number of benzene rings is 2. The Bertz CT molecular complexity index is 731. The molecule has 0 unspecified atom stereocenters. The highest BCUT2D eigenvalue weighted by atomic mass is 15.0. The van der Waals surface area contributed by atoms with Crippen molar-refractivity contribution in [2.45, 2.75) is 19.5 Å². The van der Waals surface area contributed by atoms with E-state index in [1.165, 1.54) is 22.0 Å². The summed E-state index contributed by atoms with van der Waals surface area (Å²) >= 11 is 0. The molecular weight excluding hydrogens is 282 g/mol. The minimum atomic E-state index is 0.918. The van der Waals surface area contributed by atoms with Gasteiger partial charge in [-0.05, 0) is 43.8 Å². The molecule has 0 fully saturated rings. The average Bonchev–Trinajstić information content (AvgIpc) is 2.94. The summed E-state index contributed by atoms with van der Waals surface area (Å²) < 4.78 is 2.36. The molecule has 2 aromatic carbocycles.